The summed E-state index contributed by atoms with van der Waals surface area (Å²) >= 11 is 3.57. The third kappa shape index (κ3) is 3.54. The first-order valence-electron chi connectivity index (χ1n) is 7.46. The summed E-state index contributed by atoms with van der Waals surface area (Å²) in [6.45, 7) is 5.82. The fourth-order valence-corrected chi connectivity index (χ4v) is 3.31. The van der Waals surface area contributed by atoms with Crippen molar-refractivity contribution in [1.29, 1.82) is 0 Å². The SMILES string of the molecule is CCCOc1ccc(C(N)C2CCOC2CC)cc1Br. The summed E-state index contributed by atoms with van der Waals surface area (Å²) in [4.78, 5) is 0. The largest absolute Gasteiger partial charge is 0.492 e. The molecule has 3 nitrogen and oxygen atoms in total. The van der Waals surface area contributed by atoms with Gasteiger partial charge in [-0.2, -0.15) is 0 Å². The van der Waals surface area contributed by atoms with Crippen molar-refractivity contribution < 1.29 is 9.47 Å². The number of rotatable bonds is 6. The van der Waals surface area contributed by atoms with E-state index in [9.17, 15) is 0 Å². The lowest BCUT2D eigenvalue weighted by Crippen LogP contribution is -2.28. The summed E-state index contributed by atoms with van der Waals surface area (Å²) in [6, 6.07) is 6.19. The topological polar surface area (TPSA) is 44.5 Å². The second-order valence-electron chi connectivity index (χ2n) is 5.33. The second-order valence-corrected chi connectivity index (χ2v) is 6.19. The molecule has 0 amide bonds. The zero-order chi connectivity index (χ0) is 14.5. The molecular weight excluding hydrogens is 318 g/mol. The number of halogens is 1. The van der Waals surface area contributed by atoms with E-state index < -0.39 is 0 Å². The third-order valence-electron chi connectivity index (χ3n) is 3.93. The summed E-state index contributed by atoms with van der Waals surface area (Å²) in [5.74, 6) is 1.30. The monoisotopic (exact) mass is 341 g/mol. The standard InChI is InChI=1S/C16H24BrNO2/c1-3-8-19-15-6-5-11(10-13(15)17)16(18)12-7-9-20-14(12)4-2/h5-6,10,12,14,16H,3-4,7-9,18H2,1-2H3. The average molecular weight is 342 g/mol. The van der Waals surface area contributed by atoms with Crippen molar-refractivity contribution in [3.63, 3.8) is 0 Å². The Morgan fingerprint density at radius 1 is 1.45 bits per heavy atom. The zero-order valence-electron chi connectivity index (χ0n) is 12.3. The molecule has 112 valence electrons. The van der Waals surface area contributed by atoms with Crippen LogP contribution in [-0.4, -0.2) is 19.3 Å². The van der Waals surface area contributed by atoms with Gasteiger partial charge in [0.05, 0.1) is 17.2 Å². The van der Waals surface area contributed by atoms with Crippen LogP contribution in [-0.2, 0) is 4.74 Å². The van der Waals surface area contributed by atoms with E-state index in [1.165, 1.54) is 0 Å². The Kier molecular flexibility index (Phi) is 5.87. The average Bonchev–Trinajstić information content (AvgIpc) is 2.93. The molecule has 3 atom stereocenters. The van der Waals surface area contributed by atoms with Crippen LogP contribution in [0.1, 0.15) is 44.7 Å². The lowest BCUT2D eigenvalue weighted by atomic mass is 9.87. The van der Waals surface area contributed by atoms with Gasteiger partial charge in [-0.1, -0.05) is 19.9 Å². The predicted molar refractivity (Wildman–Crippen MR) is 85.0 cm³/mol. The van der Waals surface area contributed by atoms with Gasteiger partial charge in [0.1, 0.15) is 5.75 Å². The van der Waals surface area contributed by atoms with Crippen LogP contribution in [0.3, 0.4) is 0 Å². The van der Waals surface area contributed by atoms with Crippen molar-refractivity contribution in [2.24, 2.45) is 11.7 Å². The highest BCUT2D eigenvalue weighted by atomic mass is 79.9. The third-order valence-corrected chi connectivity index (χ3v) is 4.55. The molecule has 1 aliphatic rings. The summed E-state index contributed by atoms with van der Waals surface area (Å²) in [5.41, 5.74) is 7.59. The van der Waals surface area contributed by atoms with Crippen molar-refractivity contribution in [3.05, 3.63) is 28.2 Å². The van der Waals surface area contributed by atoms with Gasteiger partial charge in [-0.15, -0.1) is 0 Å². The van der Waals surface area contributed by atoms with E-state index in [-0.39, 0.29) is 6.04 Å². The minimum absolute atomic E-state index is 0.0268. The van der Waals surface area contributed by atoms with Crippen molar-refractivity contribution in [2.75, 3.05) is 13.2 Å². The van der Waals surface area contributed by atoms with E-state index in [1.807, 2.05) is 6.07 Å². The van der Waals surface area contributed by atoms with Gasteiger partial charge in [-0.05, 0) is 52.9 Å². The van der Waals surface area contributed by atoms with Crippen molar-refractivity contribution in [3.8, 4) is 5.75 Å². The summed E-state index contributed by atoms with van der Waals surface area (Å²) in [5, 5.41) is 0. The number of nitrogens with two attached hydrogens (primary N) is 1. The number of hydrogen-bond donors (Lipinski definition) is 1. The number of hydrogen-bond acceptors (Lipinski definition) is 3. The van der Waals surface area contributed by atoms with Crippen LogP contribution in [0.4, 0.5) is 0 Å². The fourth-order valence-electron chi connectivity index (χ4n) is 2.80. The van der Waals surface area contributed by atoms with Crippen LogP contribution < -0.4 is 10.5 Å². The summed E-state index contributed by atoms with van der Waals surface area (Å²) < 4.78 is 12.4. The maximum absolute atomic E-state index is 6.44. The van der Waals surface area contributed by atoms with E-state index in [0.29, 0.717) is 12.0 Å². The lowest BCUT2D eigenvalue weighted by molar-refractivity contribution is 0.0813. The quantitative estimate of drug-likeness (QED) is 0.848. The van der Waals surface area contributed by atoms with Gasteiger partial charge in [-0.25, -0.2) is 0 Å². The summed E-state index contributed by atoms with van der Waals surface area (Å²) in [6.07, 6.45) is 3.37. The fraction of sp³-hybridized carbons (Fsp3) is 0.625. The molecule has 1 fully saturated rings. The van der Waals surface area contributed by atoms with E-state index in [4.69, 9.17) is 15.2 Å². The van der Waals surface area contributed by atoms with E-state index in [2.05, 4.69) is 41.9 Å². The van der Waals surface area contributed by atoms with E-state index >= 15 is 0 Å². The van der Waals surface area contributed by atoms with Gasteiger partial charge in [-0.3, -0.25) is 0 Å². The highest BCUT2D eigenvalue weighted by molar-refractivity contribution is 9.10. The molecule has 0 bridgehead atoms. The Morgan fingerprint density at radius 3 is 2.90 bits per heavy atom. The maximum atomic E-state index is 6.44. The first-order valence-corrected chi connectivity index (χ1v) is 8.26. The van der Waals surface area contributed by atoms with Crippen LogP contribution in [0, 0.1) is 5.92 Å². The minimum Gasteiger partial charge on any atom is -0.492 e. The molecule has 1 aliphatic heterocycles. The van der Waals surface area contributed by atoms with Crippen molar-refractivity contribution in [1.82, 2.24) is 0 Å². The maximum Gasteiger partial charge on any atom is 0.133 e. The molecule has 0 aromatic heterocycles. The Morgan fingerprint density at radius 2 is 2.25 bits per heavy atom. The molecule has 4 heteroatoms. The molecule has 0 saturated carbocycles. The summed E-state index contributed by atoms with van der Waals surface area (Å²) in [7, 11) is 0. The minimum atomic E-state index is 0.0268. The van der Waals surface area contributed by atoms with Crippen LogP contribution >= 0.6 is 15.9 Å². The molecule has 1 aromatic carbocycles. The highest BCUT2D eigenvalue weighted by Gasteiger charge is 2.32. The molecule has 0 aliphatic carbocycles. The lowest BCUT2D eigenvalue weighted by Gasteiger charge is -2.24. The predicted octanol–water partition coefficient (Wildman–Crippen LogP) is 4.05. The molecular formula is C16H24BrNO2. The van der Waals surface area contributed by atoms with Crippen LogP contribution in [0.2, 0.25) is 0 Å². The molecule has 1 aromatic rings. The molecule has 1 saturated heterocycles. The Balaban J connectivity index is 2.10. The molecule has 3 unspecified atom stereocenters. The molecule has 0 spiro atoms. The van der Waals surface area contributed by atoms with Crippen molar-refractivity contribution >= 4 is 15.9 Å². The van der Waals surface area contributed by atoms with Gasteiger partial charge >= 0.3 is 0 Å². The molecule has 20 heavy (non-hydrogen) atoms. The van der Waals surface area contributed by atoms with E-state index in [0.717, 1.165) is 48.3 Å². The van der Waals surface area contributed by atoms with Gasteiger partial charge in [0.2, 0.25) is 0 Å². The Labute approximate surface area is 130 Å². The molecule has 2 rings (SSSR count). The Bertz CT molecular complexity index is 438. The molecule has 0 radical (unpaired) electrons. The molecule has 1 heterocycles. The first kappa shape index (κ1) is 15.8. The van der Waals surface area contributed by atoms with Gasteiger partial charge in [0.25, 0.3) is 0 Å². The van der Waals surface area contributed by atoms with E-state index in [1.54, 1.807) is 0 Å². The zero-order valence-corrected chi connectivity index (χ0v) is 13.9. The van der Waals surface area contributed by atoms with Gasteiger partial charge in [0, 0.05) is 18.6 Å². The highest BCUT2D eigenvalue weighted by Crippen LogP contribution is 2.36. The van der Waals surface area contributed by atoms with Crippen LogP contribution in [0.25, 0.3) is 0 Å². The van der Waals surface area contributed by atoms with Crippen LogP contribution in [0.15, 0.2) is 22.7 Å². The smallest absolute Gasteiger partial charge is 0.133 e. The first-order chi connectivity index (χ1) is 9.67. The number of benzene rings is 1. The van der Waals surface area contributed by atoms with Crippen molar-refractivity contribution in [2.45, 2.75) is 45.3 Å². The van der Waals surface area contributed by atoms with Crippen LogP contribution in [0.5, 0.6) is 5.75 Å². The van der Waals surface area contributed by atoms with Gasteiger partial charge < -0.3 is 15.2 Å². The second kappa shape index (κ2) is 7.43. The number of ether oxygens (including phenoxy) is 2. The molecule has 2 N–H and O–H groups in total. The Hall–Kier alpha value is -0.580. The van der Waals surface area contributed by atoms with Gasteiger partial charge in [0.15, 0.2) is 0 Å². The normalized spacial score (nSPS) is 23.8.